The predicted octanol–water partition coefficient (Wildman–Crippen LogP) is 2.91. The second-order valence-electron chi connectivity index (χ2n) is 4.71. The highest BCUT2D eigenvalue weighted by Crippen LogP contribution is 2.22. The molecule has 0 bridgehead atoms. The molecule has 0 unspecified atom stereocenters. The molecule has 0 amide bonds. The maximum atomic E-state index is 13.5. The van der Waals surface area contributed by atoms with Gasteiger partial charge in [0.25, 0.3) is 0 Å². The van der Waals surface area contributed by atoms with Crippen LogP contribution in [0.15, 0.2) is 36.9 Å². The van der Waals surface area contributed by atoms with E-state index in [0.717, 1.165) is 32.5 Å². The van der Waals surface area contributed by atoms with Gasteiger partial charge in [0.1, 0.15) is 5.82 Å². The number of nitrogens with zero attached hydrogens (tertiary/aromatic N) is 1. The summed E-state index contributed by atoms with van der Waals surface area (Å²) in [6.45, 7) is 6.34. The molecule has 1 aliphatic heterocycles. The maximum absolute atomic E-state index is 13.5. The Kier molecular flexibility index (Phi) is 4.26. The number of Topliss-reactive ketones (excluding diaryl/α,β-unsaturated/α-hetero) is 1. The fourth-order valence-electron chi connectivity index (χ4n) is 2.44. The van der Waals surface area contributed by atoms with Crippen LogP contribution in [-0.4, -0.2) is 30.3 Å². The van der Waals surface area contributed by atoms with Crippen molar-refractivity contribution in [3.63, 3.8) is 0 Å². The lowest BCUT2D eigenvalue weighted by Gasteiger charge is -2.30. The van der Waals surface area contributed by atoms with Crippen LogP contribution in [0.25, 0.3) is 0 Å². The van der Waals surface area contributed by atoms with Gasteiger partial charge in [-0.15, -0.1) is 6.58 Å². The third kappa shape index (κ3) is 2.85. The molecule has 1 saturated heterocycles. The van der Waals surface area contributed by atoms with Gasteiger partial charge >= 0.3 is 0 Å². The average molecular weight is 247 g/mol. The molecular formula is C15H18FNO. The normalized spacial score (nSPS) is 17.6. The van der Waals surface area contributed by atoms with Crippen molar-refractivity contribution >= 4 is 5.78 Å². The number of likely N-dealkylation sites (tertiary alicyclic amines) is 1. The quantitative estimate of drug-likeness (QED) is 0.602. The molecule has 1 heterocycles. The van der Waals surface area contributed by atoms with E-state index in [1.807, 2.05) is 6.08 Å². The van der Waals surface area contributed by atoms with Crippen molar-refractivity contribution in [2.45, 2.75) is 12.8 Å². The highest BCUT2D eigenvalue weighted by Gasteiger charge is 2.26. The molecule has 1 aliphatic rings. The Labute approximate surface area is 107 Å². The molecule has 2 rings (SSSR count). The Morgan fingerprint density at radius 2 is 2.06 bits per heavy atom. The van der Waals surface area contributed by atoms with E-state index >= 15 is 0 Å². The zero-order valence-corrected chi connectivity index (χ0v) is 10.4. The predicted molar refractivity (Wildman–Crippen MR) is 70.1 cm³/mol. The van der Waals surface area contributed by atoms with Gasteiger partial charge in [0.15, 0.2) is 5.78 Å². The van der Waals surface area contributed by atoms with Crippen molar-refractivity contribution < 1.29 is 9.18 Å². The van der Waals surface area contributed by atoms with Crippen LogP contribution in [0.2, 0.25) is 0 Å². The van der Waals surface area contributed by atoms with Gasteiger partial charge in [0.05, 0.1) is 5.56 Å². The van der Waals surface area contributed by atoms with Crippen LogP contribution < -0.4 is 0 Å². The van der Waals surface area contributed by atoms with Crippen molar-refractivity contribution in [3.8, 4) is 0 Å². The van der Waals surface area contributed by atoms with E-state index in [0.29, 0.717) is 0 Å². The second kappa shape index (κ2) is 5.91. The van der Waals surface area contributed by atoms with Crippen LogP contribution >= 0.6 is 0 Å². The van der Waals surface area contributed by atoms with Gasteiger partial charge in [0, 0.05) is 12.5 Å². The molecule has 18 heavy (non-hydrogen) atoms. The standard InChI is InChI=1S/C15H18FNO/c1-2-9-17-10-7-12(8-11-17)15(18)13-5-3-4-6-14(13)16/h2-6,12H,1,7-11H2. The zero-order valence-electron chi connectivity index (χ0n) is 10.4. The summed E-state index contributed by atoms with van der Waals surface area (Å²) < 4.78 is 13.5. The Balaban J connectivity index is 2.00. The largest absolute Gasteiger partial charge is 0.300 e. The minimum atomic E-state index is -0.406. The molecule has 3 heteroatoms. The Bertz CT molecular complexity index is 436. The smallest absolute Gasteiger partial charge is 0.168 e. The number of rotatable bonds is 4. The van der Waals surface area contributed by atoms with Gasteiger partial charge in [0.2, 0.25) is 0 Å². The van der Waals surface area contributed by atoms with E-state index in [4.69, 9.17) is 0 Å². The van der Waals surface area contributed by atoms with Gasteiger partial charge in [-0.1, -0.05) is 18.2 Å². The Morgan fingerprint density at radius 1 is 1.39 bits per heavy atom. The molecule has 1 aromatic carbocycles. The van der Waals surface area contributed by atoms with E-state index in [1.165, 1.54) is 6.07 Å². The SMILES string of the molecule is C=CCN1CCC(C(=O)c2ccccc2F)CC1. The Morgan fingerprint density at radius 3 is 2.67 bits per heavy atom. The molecule has 0 N–H and O–H groups in total. The third-order valence-corrected chi connectivity index (χ3v) is 3.48. The molecule has 0 spiro atoms. The average Bonchev–Trinajstić information content (AvgIpc) is 2.40. The molecule has 1 aromatic rings. The highest BCUT2D eigenvalue weighted by atomic mass is 19.1. The minimum absolute atomic E-state index is 0.0389. The Hall–Kier alpha value is -1.48. The molecule has 0 radical (unpaired) electrons. The number of ketones is 1. The lowest BCUT2D eigenvalue weighted by Crippen LogP contribution is -2.36. The first kappa shape index (κ1) is 13.0. The van der Waals surface area contributed by atoms with E-state index < -0.39 is 5.82 Å². The first-order valence-corrected chi connectivity index (χ1v) is 6.34. The van der Waals surface area contributed by atoms with Gasteiger partial charge < -0.3 is 0 Å². The zero-order chi connectivity index (χ0) is 13.0. The molecule has 0 aromatic heterocycles. The first-order valence-electron chi connectivity index (χ1n) is 6.34. The highest BCUT2D eigenvalue weighted by molar-refractivity contribution is 5.98. The van der Waals surface area contributed by atoms with Crippen molar-refractivity contribution in [2.75, 3.05) is 19.6 Å². The number of hydrogen-bond donors (Lipinski definition) is 0. The number of hydrogen-bond acceptors (Lipinski definition) is 2. The molecule has 1 fully saturated rings. The van der Waals surface area contributed by atoms with Gasteiger partial charge in [-0.2, -0.15) is 0 Å². The summed E-state index contributed by atoms with van der Waals surface area (Å²) in [6.07, 6.45) is 3.49. The van der Waals surface area contributed by atoms with E-state index in [-0.39, 0.29) is 17.3 Å². The minimum Gasteiger partial charge on any atom is -0.300 e. The van der Waals surface area contributed by atoms with E-state index in [2.05, 4.69) is 11.5 Å². The van der Waals surface area contributed by atoms with Gasteiger partial charge in [-0.25, -0.2) is 4.39 Å². The second-order valence-corrected chi connectivity index (χ2v) is 4.71. The third-order valence-electron chi connectivity index (χ3n) is 3.48. The van der Waals surface area contributed by atoms with Gasteiger partial charge in [-0.3, -0.25) is 9.69 Å². The molecule has 0 atom stereocenters. The number of halogens is 1. The van der Waals surface area contributed by atoms with Crippen LogP contribution in [-0.2, 0) is 0 Å². The van der Waals surface area contributed by atoms with Crippen molar-refractivity contribution in [2.24, 2.45) is 5.92 Å². The lowest BCUT2D eigenvalue weighted by atomic mass is 9.88. The summed E-state index contributed by atoms with van der Waals surface area (Å²) in [5, 5.41) is 0. The summed E-state index contributed by atoms with van der Waals surface area (Å²) >= 11 is 0. The molecular weight excluding hydrogens is 229 g/mol. The van der Waals surface area contributed by atoms with Gasteiger partial charge in [-0.05, 0) is 38.1 Å². The van der Waals surface area contributed by atoms with E-state index in [1.54, 1.807) is 18.2 Å². The molecule has 0 saturated carbocycles. The topological polar surface area (TPSA) is 20.3 Å². The number of carbonyl (C=O) groups excluding carboxylic acids is 1. The lowest BCUT2D eigenvalue weighted by molar-refractivity contribution is 0.0844. The number of piperidine rings is 1. The maximum Gasteiger partial charge on any atom is 0.168 e. The monoisotopic (exact) mass is 247 g/mol. The molecule has 2 nitrogen and oxygen atoms in total. The summed E-state index contributed by atoms with van der Waals surface area (Å²) in [5.74, 6) is -0.495. The molecule has 0 aliphatic carbocycles. The van der Waals surface area contributed by atoms with Crippen LogP contribution in [0.4, 0.5) is 4.39 Å². The van der Waals surface area contributed by atoms with Crippen LogP contribution in [0.1, 0.15) is 23.2 Å². The first-order chi connectivity index (χ1) is 8.72. The summed E-state index contributed by atoms with van der Waals surface area (Å²) in [4.78, 5) is 14.5. The van der Waals surface area contributed by atoms with Crippen molar-refractivity contribution in [3.05, 3.63) is 48.3 Å². The molecule has 96 valence electrons. The fourth-order valence-corrected chi connectivity index (χ4v) is 2.44. The number of benzene rings is 1. The summed E-state index contributed by atoms with van der Waals surface area (Å²) in [6, 6.07) is 6.25. The van der Waals surface area contributed by atoms with Crippen LogP contribution in [0.3, 0.4) is 0 Å². The fraction of sp³-hybridized carbons (Fsp3) is 0.400. The summed E-state index contributed by atoms with van der Waals surface area (Å²) in [7, 11) is 0. The van der Waals surface area contributed by atoms with Crippen molar-refractivity contribution in [1.82, 2.24) is 4.90 Å². The number of carbonyl (C=O) groups is 1. The van der Waals surface area contributed by atoms with E-state index in [9.17, 15) is 9.18 Å². The summed E-state index contributed by atoms with van der Waals surface area (Å²) in [5.41, 5.74) is 0.236. The van der Waals surface area contributed by atoms with Crippen LogP contribution in [0, 0.1) is 11.7 Å². The van der Waals surface area contributed by atoms with Crippen LogP contribution in [0.5, 0.6) is 0 Å². The van der Waals surface area contributed by atoms with Crippen molar-refractivity contribution in [1.29, 1.82) is 0 Å².